The number of nitriles is 1. The Morgan fingerprint density at radius 2 is 2.25 bits per heavy atom. The van der Waals surface area contributed by atoms with Crippen LogP contribution in [0, 0.1) is 17.0 Å². The summed E-state index contributed by atoms with van der Waals surface area (Å²) < 4.78 is 19.6. The van der Waals surface area contributed by atoms with Crippen LogP contribution in [0.1, 0.15) is 29.6 Å². The zero-order valence-electron chi connectivity index (χ0n) is 18.0. The number of ether oxygens (including phenoxy) is 1. The van der Waals surface area contributed by atoms with Gasteiger partial charge < -0.3 is 15.4 Å². The number of aromatic nitrogens is 1. The summed E-state index contributed by atoms with van der Waals surface area (Å²) in [5, 5.41) is 17.3. The van der Waals surface area contributed by atoms with E-state index in [-0.39, 0.29) is 24.3 Å². The SMILES string of the molecule is COCCNCCC(=O)Nc1sc2c(c1-c1nc3cc(F)ccc3s1)CCB(C#N)C2C. The first-order chi connectivity index (χ1) is 15.5. The van der Waals surface area contributed by atoms with E-state index >= 15 is 0 Å². The van der Waals surface area contributed by atoms with Crippen LogP contribution in [-0.2, 0) is 16.0 Å². The van der Waals surface area contributed by atoms with Gasteiger partial charge in [0.1, 0.15) is 15.8 Å². The monoisotopic (exact) mass is 470 g/mol. The van der Waals surface area contributed by atoms with Gasteiger partial charge >= 0.3 is 0 Å². The molecule has 1 aliphatic heterocycles. The molecule has 1 aromatic carbocycles. The lowest BCUT2D eigenvalue weighted by molar-refractivity contribution is -0.116. The van der Waals surface area contributed by atoms with Crippen molar-refractivity contribution in [3.8, 4) is 16.5 Å². The molecule has 1 atom stereocenters. The van der Waals surface area contributed by atoms with Gasteiger partial charge in [-0.1, -0.05) is 13.2 Å². The van der Waals surface area contributed by atoms with E-state index in [0.29, 0.717) is 31.6 Å². The lowest BCUT2D eigenvalue weighted by Crippen LogP contribution is -2.25. The highest BCUT2D eigenvalue weighted by Crippen LogP contribution is 2.49. The number of anilines is 1. The minimum Gasteiger partial charge on any atom is -0.383 e. The molecule has 2 aromatic heterocycles. The molecule has 4 rings (SSSR count). The maximum Gasteiger partial charge on any atom is 0.276 e. The number of carbonyl (C=O) groups is 1. The third-order valence-corrected chi connectivity index (χ3v) is 8.16. The molecule has 10 heteroatoms. The Morgan fingerprint density at radius 3 is 3.03 bits per heavy atom. The summed E-state index contributed by atoms with van der Waals surface area (Å²) in [7, 11) is 1.64. The average molecular weight is 470 g/mol. The fourth-order valence-corrected chi connectivity index (χ4v) is 6.49. The summed E-state index contributed by atoms with van der Waals surface area (Å²) in [6.07, 6.45) is 1.89. The number of amides is 1. The molecule has 1 amide bonds. The number of hydrogen-bond acceptors (Lipinski definition) is 7. The number of fused-ring (bicyclic) bond motifs is 2. The van der Waals surface area contributed by atoms with E-state index in [2.05, 4.69) is 23.5 Å². The van der Waals surface area contributed by atoms with Crippen molar-refractivity contribution < 1.29 is 13.9 Å². The van der Waals surface area contributed by atoms with Crippen LogP contribution in [-0.4, -0.2) is 44.4 Å². The number of carbonyl (C=O) groups excluding carboxylic acids is 1. The van der Waals surface area contributed by atoms with Crippen LogP contribution in [0.5, 0.6) is 0 Å². The maximum atomic E-state index is 13.7. The predicted octanol–water partition coefficient (Wildman–Crippen LogP) is 4.48. The minimum atomic E-state index is -0.318. The molecule has 0 aliphatic carbocycles. The number of halogens is 1. The minimum absolute atomic E-state index is 0.0352. The number of methoxy groups -OCH3 is 1. The Morgan fingerprint density at radius 1 is 1.41 bits per heavy atom. The Bertz CT molecular complexity index is 1170. The van der Waals surface area contributed by atoms with Gasteiger partial charge in [0.25, 0.3) is 6.71 Å². The molecule has 32 heavy (non-hydrogen) atoms. The van der Waals surface area contributed by atoms with Crippen molar-refractivity contribution >= 4 is 50.5 Å². The molecule has 2 N–H and O–H groups in total. The summed E-state index contributed by atoms with van der Waals surface area (Å²) in [5.41, 5.74) is 2.70. The summed E-state index contributed by atoms with van der Waals surface area (Å²) in [4.78, 5) is 18.5. The van der Waals surface area contributed by atoms with Crippen LogP contribution in [0.4, 0.5) is 9.39 Å². The van der Waals surface area contributed by atoms with E-state index in [4.69, 9.17) is 9.72 Å². The van der Waals surface area contributed by atoms with Crippen LogP contribution in [0.2, 0.25) is 6.32 Å². The summed E-state index contributed by atoms with van der Waals surface area (Å²) in [6.45, 7) is 3.89. The highest BCUT2D eigenvalue weighted by atomic mass is 32.1. The number of nitrogens with one attached hydrogen (secondary N) is 2. The number of thiophene rings is 1. The van der Waals surface area contributed by atoms with E-state index in [1.165, 1.54) is 23.5 Å². The Labute approximate surface area is 194 Å². The molecule has 0 saturated heterocycles. The van der Waals surface area contributed by atoms with E-state index in [0.717, 1.165) is 43.5 Å². The zero-order chi connectivity index (χ0) is 22.7. The number of thiazole rings is 1. The van der Waals surface area contributed by atoms with Gasteiger partial charge in [-0.25, -0.2) is 14.6 Å². The molecule has 166 valence electrons. The highest BCUT2D eigenvalue weighted by molar-refractivity contribution is 7.23. The second kappa shape index (κ2) is 10.1. The second-order valence-corrected chi connectivity index (χ2v) is 9.97. The van der Waals surface area contributed by atoms with Gasteiger partial charge in [-0.15, -0.1) is 22.7 Å². The number of hydrogen-bond donors (Lipinski definition) is 2. The first-order valence-corrected chi connectivity index (χ1v) is 12.3. The largest absolute Gasteiger partial charge is 0.383 e. The molecule has 1 unspecified atom stereocenters. The van der Waals surface area contributed by atoms with Crippen molar-refractivity contribution in [1.29, 1.82) is 5.26 Å². The van der Waals surface area contributed by atoms with Crippen LogP contribution in [0.3, 0.4) is 0 Å². The van der Waals surface area contributed by atoms with E-state index < -0.39 is 0 Å². The fraction of sp³-hybridized carbons (Fsp3) is 0.409. The maximum absolute atomic E-state index is 13.7. The quantitative estimate of drug-likeness (QED) is 0.374. The topological polar surface area (TPSA) is 87.0 Å². The van der Waals surface area contributed by atoms with Crippen LogP contribution in [0.15, 0.2) is 18.2 Å². The van der Waals surface area contributed by atoms with Crippen LogP contribution in [0.25, 0.3) is 20.8 Å². The lowest BCUT2D eigenvalue weighted by Gasteiger charge is -2.21. The van der Waals surface area contributed by atoms with Gasteiger partial charge in [-0.2, -0.15) is 0 Å². The molecule has 1 aliphatic rings. The normalized spacial score (nSPS) is 15.6. The molecule has 0 bridgehead atoms. The molecule has 0 saturated carbocycles. The lowest BCUT2D eigenvalue weighted by atomic mass is 9.37. The fourth-order valence-electron chi connectivity index (χ4n) is 4.02. The van der Waals surface area contributed by atoms with Crippen molar-refractivity contribution in [2.24, 2.45) is 0 Å². The predicted molar refractivity (Wildman–Crippen MR) is 129 cm³/mol. The number of rotatable bonds is 8. The van der Waals surface area contributed by atoms with Crippen molar-refractivity contribution in [2.45, 2.75) is 31.9 Å². The van der Waals surface area contributed by atoms with Crippen molar-refractivity contribution in [3.63, 3.8) is 0 Å². The molecule has 3 aromatic rings. The van der Waals surface area contributed by atoms with Gasteiger partial charge in [0.2, 0.25) is 5.91 Å². The average Bonchev–Trinajstić information content (AvgIpc) is 3.34. The summed E-state index contributed by atoms with van der Waals surface area (Å²) in [6, 6.07) is 4.61. The van der Waals surface area contributed by atoms with Gasteiger partial charge in [-0.05, 0) is 29.9 Å². The summed E-state index contributed by atoms with van der Waals surface area (Å²) >= 11 is 3.04. The second-order valence-electron chi connectivity index (χ2n) is 7.88. The molecule has 3 heterocycles. The zero-order valence-corrected chi connectivity index (χ0v) is 19.7. The van der Waals surface area contributed by atoms with Gasteiger partial charge in [-0.3, -0.25) is 4.79 Å². The van der Waals surface area contributed by atoms with Gasteiger partial charge in [0.15, 0.2) is 0 Å². The first-order valence-electron chi connectivity index (χ1n) is 10.6. The van der Waals surface area contributed by atoms with Gasteiger partial charge in [0.05, 0.1) is 16.8 Å². The van der Waals surface area contributed by atoms with Crippen molar-refractivity contribution in [1.82, 2.24) is 10.3 Å². The molecule has 0 spiro atoms. The van der Waals surface area contributed by atoms with E-state index in [1.54, 1.807) is 24.5 Å². The van der Waals surface area contributed by atoms with Crippen LogP contribution < -0.4 is 10.6 Å². The Balaban J connectivity index is 1.66. The molecule has 0 fully saturated rings. The highest BCUT2D eigenvalue weighted by Gasteiger charge is 2.35. The third kappa shape index (κ3) is 4.71. The third-order valence-electron chi connectivity index (χ3n) is 5.75. The molecule has 6 nitrogen and oxygen atoms in total. The molecular weight excluding hydrogens is 446 g/mol. The smallest absolute Gasteiger partial charge is 0.276 e. The Kier molecular flexibility index (Phi) is 7.21. The van der Waals surface area contributed by atoms with Gasteiger partial charge in [0, 0.05) is 49.1 Å². The first kappa shape index (κ1) is 22.9. The molecule has 0 radical (unpaired) electrons. The van der Waals surface area contributed by atoms with E-state index in [1.807, 2.05) is 0 Å². The summed E-state index contributed by atoms with van der Waals surface area (Å²) in [5.74, 6) is 2.12. The Hall–Kier alpha value is -2.32. The van der Waals surface area contributed by atoms with E-state index in [9.17, 15) is 14.4 Å². The van der Waals surface area contributed by atoms with Crippen molar-refractivity contribution in [3.05, 3.63) is 34.5 Å². The number of benzene rings is 1. The molecular formula is C22H24BFN4O2S2. The van der Waals surface area contributed by atoms with Crippen LogP contribution >= 0.6 is 22.7 Å². The standard InChI is InChI=1S/C22H24BFN4O2S2/c1-13-20-15(5-7-23(13)12-25)19(21-27-16-11-14(24)3-4-17(16)31-21)22(32-20)28-18(29)6-8-26-9-10-30-2/h3-4,11,13,26H,5-10H2,1-2H3,(H,28,29). The van der Waals surface area contributed by atoms with Crippen molar-refractivity contribution in [2.75, 3.05) is 32.1 Å². The number of nitrogens with zero attached hydrogens (tertiary/aromatic N) is 2.